The maximum absolute atomic E-state index is 12.7. The van der Waals surface area contributed by atoms with Gasteiger partial charge in [0.25, 0.3) is 0 Å². The van der Waals surface area contributed by atoms with Gasteiger partial charge >= 0.3 is 0 Å². The molecule has 0 unspecified atom stereocenters. The molecule has 1 saturated heterocycles. The number of amides is 2. The van der Waals surface area contributed by atoms with Crippen LogP contribution in [0.5, 0.6) is 0 Å². The fraction of sp³-hybridized carbons (Fsp3) is 0.654. The molecule has 5 aliphatic rings. The van der Waals surface area contributed by atoms with Crippen molar-refractivity contribution in [2.75, 3.05) is 32.7 Å². The molecule has 1 aliphatic heterocycles. The number of carbonyl (C=O) groups excluding carboxylic acids is 2. The Kier molecular flexibility index (Phi) is 6.50. The smallest absolute Gasteiger partial charge is 0.242 e. The first-order valence-electron chi connectivity index (χ1n) is 12.4. The topological polar surface area (TPSA) is 76.4 Å². The second kappa shape index (κ2) is 9.38. The zero-order chi connectivity index (χ0) is 23.0. The Bertz CT molecular complexity index is 928. The summed E-state index contributed by atoms with van der Waals surface area (Å²) >= 11 is 3.48. The number of nitrogens with zero attached hydrogens (tertiary/aromatic N) is 3. The maximum Gasteiger partial charge on any atom is 0.242 e. The fourth-order valence-corrected chi connectivity index (χ4v) is 7.80. The van der Waals surface area contributed by atoms with Crippen molar-refractivity contribution < 1.29 is 9.59 Å². The van der Waals surface area contributed by atoms with Gasteiger partial charge in [-0.25, -0.2) is 0 Å². The van der Waals surface area contributed by atoms with Crippen LogP contribution in [0.2, 0.25) is 0 Å². The summed E-state index contributed by atoms with van der Waals surface area (Å²) in [6, 6.07) is 7.98. The first kappa shape index (κ1) is 22.9. The SMILES string of the molecule is N#Cc1ccc(Br)cc1CN1CCN(C(=O)CNC(=O)CC23CC4CC(CC(C4)C2)C3)CC1. The number of carbonyl (C=O) groups is 2. The number of benzene rings is 1. The summed E-state index contributed by atoms with van der Waals surface area (Å²) < 4.78 is 0.967. The van der Waals surface area contributed by atoms with Crippen LogP contribution in [0.4, 0.5) is 0 Å². The number of piperazine rings is 1. The van der Waals surface area contributed by atoms with Gasteiger partial charge in [0, 0.05) is 43.6 Å². The third kappa shape index (κ3) is 5.12. The number of nitriles is 1. The molecule has 7 heteroatoms. The van der Waals surface area contributed by atoms with E-state index in [4.69, 9.17) is 0 Å². The molecule has 1 aromatic rings. The van der Waals surface area contributed by atoms with E-state index >= 15 is 0 Å². The van der Waals surface area contributed by atoms with Crippen LogP contribution in [0.1, 0.15) is 56.1 Å². The Morgan fingerprint density at radius 2 is 1.70 bits per heavy atom. The van der Waals surface area contributed by atoms with E-state index in [9.17, 15) is 14.9 Å². The minimum absolute atomic E-state index is 0.00804. The largest absolute Gasteiger partial charge is 0.347 e. The molecule has 33 heavy (non-hydrogen) atoms. The minimum Gasteiger partial charge on any atom is -0.347 e. The molecule has 6 rings (SSSR count). The molecule has 176 valence electrons. The number of hydrogen-bond acceptors (Lipinski definition) is 4. The van der Waals surface area contributed by atoms with Crippen molar-refractivity contribution in [2.24, 2.45) is 23.2 Å². The van der Waals surface area contributed by atoms with Crippen molar-refractivity contribution in [2.45, 2.75) is 51.5 Å². The van der Waals surface area contributed by atoms with Gasteiger partial charge in [-0.05, 0) is 85.5 Å². The van der Waals surface area contributed by atoms with E-state index in [1.807, 2.05) is 23.1 Å². The van der Waals surface area contributed by atoms with Crippen molar-refractivity contribution in [3.05, 3.63) is 33.8 Å². The van der Waals surface area contributed by atoms with Crippen LogP contribution in [0.3, 0.4) is 0 Å². The van der Waals surface area contributed by atoms with Gasteiger partial charge < -0.3 is 10.2 Å². The molecule has 0 spiro atoms. The van der Waals surface area contributed by atoms with Gasteiger partial charge in [-0.3, -0.25) is 14.5 Å². The van der Waals surface area contributed by atoms with Crippen molar-refractivity contribution in [3.8, 4) is 6.07 Å². The summed E-state index contributed by atoms with van der Waals surface area (Å²) in [5, 5.41) is 12.3. The van der Waals surface area contributed by atoms with Crippen LogP contribution in [-0.4, -0.2) is 54.3 Å². The summed E-state index contributed by atoms with van der Waals surface area (Å²) in [6.07, 6.45) is 8.39. The highest BCUT2D eigenvalue weighted by Gasteiger charge is 2.51. The van der Waals surface area contributed by atoms with Gasteiger partial charge in [0.15, 0.2) is 0 Å². The van der Waals surface area contributed by atoms with Crippen LogP contribution in [0, 0.1) is 34.5 Å². The standard InChI is InChI=1S/C26H33BrN4O2/c27-23-2-1-21(15-28)22(10-23)17-30-3-5-31(6-4-30)25(33)16-29-24(32)14-26-11-18-7-19(12-26)9-20(8-18)13-26/h1-2,10,18-20H,3-9,11-14,16-17H2,(H,29,32). The Morgan fingerprint density at radius 3 is 2.30 bits per heavy atom. The van der Waals surface area contributed by atoms with E-state index in [-0.39, 0.29) is 23.8 Å². The van der Waals surface area contributed by atoms with Crippen molar-refractivity contribution in [1.82, 2.24) is 15.1 Å². The predicted molar refractivity (Wildman–Crippen MR) is 129 cm³/mol. The monoisotopic (exact) mass is 512 g/mol. The Morgan fingerprint density at radius 1 is 1.06 bits per heavy atom. The third-order valence-corrected chi connectivity index (χ3v) is 8.94. The van der Waals surface area contributed by atoms with E-state index in [0.717, 1.165) is 40.9 Å². The maximum atomic E-state index is 12.7. The number of halogens is 1. The van der Waals surface area contributed by atoms with Gasteiger partial charge in [0.2, 0.25) is 11.8 Å². The van der Waals surface area contributed by atoms with E-state index in [1.165, 1.54) is 38.5 Å². The second-order valence-corrected chi connectivity index (χ2v) is 11.9. The molecule has 0 atom stereocenters. The Labute approximate surface area is 204 Å². The second-order valence-electron chi connectivity index (χ2n) is 10.9. The zero-order valence-corrected chi connectivity index (χ0v) is 20.8. The summed E-state index contributed by atoms with van der Waals surface area (Å²) in [5.74, 6) is 2.57. The van der Waals surface area contributed by atoms with Gasteiger partial charge in [-0.2, -0.15) is 5.26 Å². The first-order chi connectivity index (χ1) is 15.9. The average Bonchev–Trinajstić information content (AvgIpc) is 2.77. The van der Waals surface area contributed by atoms with Crippen LogP contribution in [-0.2, 0) is 16.1 Å². The highest BCUT2D eigenvalue weighted by Crippen LogP contribution is 2.61. The lowest BCUT2D eigenvalue weighted by molar-refractivity contribution is -0.136. The van der Waals surface area contributed by atoms with Crippen LogP contribution < -0.4 is 5.32 Å². The van der Waals surface area contributed by atoms with Gasteiger partial charge in [0.1, 0.15) is 0 Å². The van der Waals surface area contributed by atoms with E-state index in [1.54, 1.807) is 0 Å². The van der Waals surface area contributed by atoms with Crippen LogP contribution >= 0.6 is 15.9 Å². The number of hydrogen-bond donors (Lipinski definition) is 1. The number of nitrogens with one attached hydrogen (secondary N) is 1. The summed E-state index contributed by atoms with van der Waals surface area (Å²) in [5.41, 5.74) is 1.91. The van der Waals surface area contributed by atoms with Crippen LogP contribution in [0.25, 0.3) is 0 Å². The lowest BCUT2D eigenvalue weighted by Crippen LogP contribution is -2.51. The molecule has 4 aliphatic carbocycles. The Hall–Kier alpha value is -1.91. The van der Waals surface area contributed by atoms with Crippen LogP contribution in [0.15, 0.2) is 22.7 Å². The van der Waals surface area contributed by atoms with Gasteiger partial charge in [-0.1, -0.05) is 15.9 Å². The van der Waals surface area contributed by atoms with Crippen molar-refractivity contribution in [1.29, 1.82) is 5.26 Å². The minimum atomic E-state index is 0.00804. The highest BCUT2D eigenvalue weighted by molar-refractivity contribution is 9.10. The molecular formula is C26H33BrN4O2. The number of rotatable bonds is 6. The fourth-order valence-electron chi connectivity index (χ4n) is 7.39. The Balaban J connectivity index is 1.07. The van der Waals surface area contributed by atoms with Crippen molar-refractivity contribution in [3.63, 3.8) is 0 Å². The molecule has 4 saturated carbocycles. The zero-order valence-electron chi connectivity index (χ0n) is 19.2. The molecule has 1 heterocycles. The molecule has 1 aromatic carbocycles. The highest BCUT2D eigenvalue weighted by atomic mass is 79.9. The lowest BCUT2D eigenvalue weighted by Gasteiger charge is -2.56. The summed E-state index contributed by atoms with van der Waals surface area (Å²) in [4.78, 5) is 29.6. The normalized spacial score (nSPS) is 30.8. The molecular weight excluding hydrogens is 480 g/mol. The van der Waals surface area contributed by atoms with Gasteiger partial charge in [-0.15, -0.1) is 0 Å². The molecule has 0 radical (unpaired) electrons. The average molecular weight is 513 g/mol. The molecule has 4 bridgehead atoms. The molecule has 1 N–H and O–H groups in total. The molecule has 2 amide bonds. The van der Waals surface area contributed by atoms with E-state index < -0.39 is 0 Å². The quantitative estimate of drug-likeness (QED) is 0.630. The lowest BCUT2D eigenvalue weighted by atomic mass is 9.49. The predicted octanol–water partition coefficient (Wildman–Crippen LogP) is 3.69. The third-order valence-electron chi connectivity index (χ3n) is 8.44. The molecule has 6 nitrogen and oxygen atoms in total. The molecule has 0 aromatic heterocycles. The summed E-state index contributed by atoms with van der Waals surface area (Å²) in [6.45, 7) is 3.65. The van der Waals surface area contributed by atoms with E-state index in [0.29, 0.717) is 31.6 Å². The van der Waals surface area contributed by atoms with E-state index in [2.05, 4.69) is 32.2 Å². The van der Waals surface area contributed by atoms with Gasteiger partial charge in [0.05, 0.1) is 18.2 Å². The first-order valence-corrected chi connectivity index (χ1v) is 13.2. The summed E-state index contributed by atoms with van der Waals surface area (Å²) in [7, 11) is 0. The molecule has 5 fully saturated rings. The van der Waals surface area contributed by atoms with Crippen molar-refractivity contribution >= 4 is 27.7 Å².